The summed E-state index contributed by atoms with van der Waals surface area (Å²) >= 11 is 0. The van der Waals surface area contributed by atoms with Crippen molar-refractivity contribution >= 4 is 6.01 Å². The molecule has 84 valence electrons. The molecular weight excluding hydrogens is 192 g/mol. The summed E-state index contributed by atoms with van der Waals surface area (Å²) in [6, 6.07) is 0.376. The quantitative estimate of drug-likeness (QED) is 0.808. The van der Waals surface area contributed by atoms with Gasteiger partial charge in [0.2, 0.25) is 5.89 Å². The molecule has 0 amide bonds. The zero-order valence-electron chi connectivity index (χ0n) is 9.47. The largest absolute Gasteiger partial charge is 0.406 e. The van der Waals surface area contributed by atoms with E-state index in [-0.39, 0.29) is 6.04 Å². The topological polar surface area (TPSA) is 68.2 Å². The van der Waals surface area contributed by atoms with E-state index in [1.165, 1.54) is 6.42 Å². The van der Waals surface area contributed by atoms with E-state index in [4.69, 9.17) is 10.2 Å². The minimum absolute atomic E-state index is 0.195. The highest BCUT2D eigenvalue weighted by molar-refractivity contribution is 5.23. The molecule has 1 saturated carbocycles. The first-order chi connectivity index (χ1) is 7.08. The third kappa shape index (κ3) is 2.28. The van der Waals surface area contributed by atoms with Gasteiger partial charge in [0.1, 0.15) is 0 Å². The number of aromatic nitrogens is 2. The minimum Gasteiger partial charge on any atom is -0.406 e. The molecule has 3 atom stereocenters. The summed E-state index contributed by atoms with van der Waals surface area (Å²) in [5, 5.41) is 7.87. The fourth-order valence-electron chi connectivity index (χ4n) is 1.65. The summed E-state index contributed by atoms with van der Waals surface area (Å²) in [6.07, 6.45) is 1.30. The first-order valence-corrected chi connectivity index (χ1v) is 5.38. The van der Waals surface area contributed by atoms with E-state index >= 15 is 0 Å². The molecule has 1 heterocycles. The molecule has 2 rings (SSSR count). The highest BCUT2D eigenvalue weighted by Gasteiger charge is 2.34. The lowest BCUT2D eigenvalue weighted by Gasteiger charge is -2.12. The van der Waals surface area contributed by atoms with Crippen molar-refractivity contribution in [2.24, 2.45) is 17.6 Å². The van der Waals surface area contributed by atoms with Gasteiger partial charge >= 0.3 is 6.01 Å². The smallest absolute Gasteiger partial charge is 0.317 e. The third-order valence-corrected chi connectivity index (χ3v) is 2.93. The maximum absolute atomic E-state index is 5.65. The molecule has 1 fully saturated rings. The van der Waals surface area contributed by atoms with E-state index in [0.29, 0.717) is 11.9 Å². The van der Waals surface area contributed by atoms with Crippen molar-refractivity contribution in [1.29, 1.82) is 0 Å². The van der Waals surface area contributed by atoms with Crippen LogP contribution in [0.1, 0.15) is 32.2 Å². The highest BCUT2D eigenvalue weighted by atomic mass is 16.4. The Bertz CT molecular complexity index is 336. The van der Waals surface area contributed by atoms with Crippen molar-refractivity contribution in [2.75, 3.05) is 18.5 Å². The van der Waals surface area contributed by atoms with Crippen LogP contribution >= 0.6 is 0 Å². The van der Waals surface area contributed by atoms with Crippen LogP contribution in [0.5, 0.6) is 0 Å². The second-order valence-electron chi connectivity index (χ2n) is 4.57. The van der Waals surface area contributed by atoms with Crippen LogP contribution in [0.15, 0.2) is 4.42 Å². The first-order valence-electron chi connectivity index (χ1n) is 5.38. The average Bonchev–Trinajstić information content (AvgIpc) is 2.71. The van der Waals surface area contributed by atoms with E-state index < -0.39 is 0 Å². The van der Waals surface area contributed by atoms with Gasteiger partial charge < -0.3 is 15.1 Å². The molecule has 0 aromatic carbocycles. The lowest BCUT2D eigenvalue weighted by atomic mass is 10.3. The molecule has 2 N–H and O–H groups in total. The molecule has 1 aromatic heterocycles. The molecule has 1 aliphatic rings. The maximum Gasteiger partial charge on any atom is 0.317 e. The molecule has 0 spiro atoms. The Kier molecular flexibility index (Phi) is 2.65. The van der Waals surface area contributed by atoms with Gasteiger partial charge in [0.05, 0.1) is 6.04 Å². The van der Waals surface area contributed by atoms with E-state index in [1.54, 1.807) is 0 Å². The van der Waals surface area contributed by atoms with Crippen LogP contribution in [0.3, 0.4) is 0 Å². The normalized spacial score (nSPS) is 26.4. The number of hydrogen-bond donors (Lipinski definition) is 1. The fourth-order valence-corrected chi connectivity index (χ4v) is 1.65. The Morgan fingerprint density at radius 2 is 2.27 bits per heavy atom. The second kappa shape index (κ2) is 3.81. The Labute approximate surface area is 89.6 Å². The van der Waals surface area contributed by atoms with Crippen LogP contribution in [-0.2, 0) is 0 Å². The second-order valence-corrected chi connectivity index (χ2v) is 4.57. The van der Waals surface area contributed by atoms with Crippen molar-refractivity contribution in [3.8, 4) is 0 Å². The average molecular weight is 210 g/mol. The molecular formula is C10H18N4O. The molecule has 5 heteroatoms. The van der Waals surface area contributed by atoms with Crippen molar-refractivity contribution in [2.45, 2.75) is 26.3 Å². The Morgan fingerprint density at radius 1 is 1.60 bits per heavy atom. The summed E-state index contributed by atoms with van der Waals surface area (Å²) in [5.74, 6) is 2.12. The number of hydrogen-bond acceptors (Lipinski definition) is 5. The van der Waals surface area contributed by atoms with Gasteiger partial charge in [-0.15, -0.1) is 5.10 Å². The van der Waals surface area contributed by atoms with Gasteiger partial charge in [-0.25, -0.2) is 0 Å². The van der Waals surface area contributed by atoms with Gasteiger partial charge in [0.25, 0.3) is 0 Å². The van der Waals surface area contributed by atoms with Crippen LogP contribution < -0.4 is 10.6 Å². The van der Waals surface area contributed by atoms with Crippen molar-refractivity contribution in [3.05, 3.63) is 5.89 Å². The van der Waals surface area contributed by atoms with Crippen LogP contribution in [-0.4, -0.2) is 23.8 Å². The van der Waals surface area contributed by atoms with Crippen molar-refractivity contribution in [3.63, 3.8) is 0 Å². The number of nitrogens with two attached hydrogens (primary N) is 1. The van der Waals surface area contributed by atoms with Gasteiger partial charge in [-0.3, -0.25) is 0 Å². The van der Waals surface area contributed by atoms with Gasteiger partial charge in [0.15, 0.2) is 0 Å². The summed E-state index contributed by atoms with van der Waals surface area (Å²) in [4.78, 5) is 2.01. The van der Waals surface area contributed by atoms with Crippen LogP contribution in [0.25, 0.3) is 0 Å². The Balaban J connectivity index is 1.96. The molecule has 1 aromatic rings. The summed E-state index contributed by atoms with van der Waals surface area (Å²) in [6.45, 7) is 5.09. The van der Waals surface area contributed by atoms with Gasteiger partial charge in [-0.2, -0.15) is 0 Å². The van der Waals surface area contributed by atoms with Crippen LogP contribution in [0, 0.1) is 11.8 Å². The monoisotopic (exact) mass is 210 g/mol. The van der Waals surface area contributed by atoms with E-state index in [2.05, 4.69) is 17.1 Å². The molecule has 0 aliphatic heterocycles. The molecule has 0 saturated heterocycles. The predicted molar refractivity (Wildman–Crippen MR) is 57.4 cm³/mol. The van der Waals surface area contributed by atoms with E-state index in [1.807, 2.05) is 18.9 Å². The predicted octanol–water partition coefficient (Wildman–Crippen LogP) is 1.18. The van der Waals surface area contributed by atoms with Crippen molar-refractivity contribution in [1.82, 2.24) is 10.2 Å². The highest BCUT2D eigenvalue weighted by Crippen LogP contribution is 2.38. The Morgan fingerprint density at radius 3 is 2.73 bits per heavy atom. The Hall–Kier alpha value is -1.10. The molecule has 15 heavy (non-hydrogen) atoms. The lowest BCUT2D eigenvalue weighted by Crippen LogP contribution is -2.20. The van der Waals surface area contributed by atoms with Crippen LogP contribution in [0.2, 0.25) is 0 Å². The van der Waals surface area contributed by atoms with Gasteiger partial charge in [0, 0.05) is 13.6 Å². The van der Waals surface area contributed by atoms with Gasteiger partial charge in [-0.1, -0.05) is 12.0 Å². The zero-order valence-corrected chi connectivity index (χ0v) is 9.47. The fraction of sp³-hybridized carbons (Fsp3) is 0.800. The SMILES string of the molecule is CC(N)c1nnc(N(C)CC2CC2C)o1. The number of nitrogens with zero attached hydrogens (tertiary/aromatic N) is 3. The minimum atomic E-state index is -0.195. The standard InChI is InChI=1S/C10H18N4O/c1-6-4-8(6)5-14(3)10-13-12-9(15-10)7(2)11/h6-8H,4-5,11H2,1-3H3. The third-order valence-electron chi connectivity index (χ3n) is 2.93. The molecule has 3 unspecified atom stereocenters. The number of rotatable bonds is 4. The lowest BCUT2D eigenvalue weighted by molar-refractivity contribution is 0.458. The van der Waals surface area contributed by atoms with E-state index in [9.17, 15) is 0 Å². The zero-order chi connectivity index (χ0) is 11.0. The maximum atomic E-state index is 5.65. The summed E-state index contributed by atoms with van der Waals surface area (Å²) in [7, 11) is 1.98. The molecule has 0 radical (unpaired) electrons. The van der Waals surface area contributed by atoms with Gasteiger partial charge in [-0.05, 0) is 25.2 Å². The van der Waals surface area contributed by atoms with Crippen molar-refractivity contribution < 1.29 is 4.42 Å². The molecule has 0 bridgehead atoms. The molecule has 5 nitrogen and oxygen atoms in total. The first kappa shape index (κ1) is 10.4. The molecule has 1 aliphatic carbocycles. The van der Waals surface area contributed by atoms with Crippen LogP contribution in [0.4, 0.5) is 6.01 Å². The summed E-state index contributed by atoms with van der Waals surface area (Å²) < 4.78 is 5.45. The van der Waals surface area contributed by atoms with E-state index in [0.717, 1.165) is 18.4 Å². The number of anilines is 1. The summed E-state index contributed by atoms with van der Waals surface area (Å²) in [5.41, 5.74) is 5.65.